The van der Waals surface area contributed by atoms with Gasteiger partial charge < -0.3 is 4.57 Å². The second-order valence-corrected chi connectivity index (χ2v) is 6.29. The van der Waals surface area contributed by atoms with Gasteiger partial charge in [0.05, 0.1) is 11.3 Å². The standard InChI is InChI=1S/C12H14N4O4S/c1-9(2)15-7-12(13-8-15)21(19,20)14-10-3-5-11(6-4-10)16(17)18/h3-9,14H,1-2H3. The van der Waals surface area contributed by atoms with Crippen molar-refractivity contribution in [2.45, 2.75) is 24.9 Å². The number of rotatable bonds is 5. The predicted molar refractivity (Wildman–Crippen MR) is 76.5 cm³/mol. The third-order valence-corrected chi connectivity index (χ3v) is 4.05. The fraction of sp³-hybridized carbons (Fsp3) is 0.250. The fourth-order valence-corrected chi connectivity index (χ4v) is 2.59. The summed E-state index contributed by atoms with van der Waals surface area (Å²) in [6.07, 6.45) is 2.87. The molecule has 0 aliphatic carbocycles. The van der Waals surface area contributed by atoms with Crippen molar-refractivity contribution in [1.29, 1.82) is 0 Å². The predicted octanol–water partition coefficient (Wildman–Crippen LogP) is 2.17. The maximum absolute atomic E-state index is 12.1. The van der Waals surface area contributed by atoms with Crippen molar-refractivity contribution in [2.24, 2.45) is 0 Å². The molecule has 112 valence electrons. The molecule has 0 radical (unpaired) electrons. The Kier molecular flexibility index (Phi) is 3.94. The van der Waals surface area contributed by atoms with Gasteiger partial charge in [0, 0.05) is 30.1 Å². The van der Waals surface area contributed by atoms with E-state index in [1.807, 2.05) is 13.8 Å². The van der Waals surface area contributed by atoms with Crippen molar-refractivity contribution in [3.63, 3.8) is 0 Å². The minimum atomic E-state index is -3.81. The van der Waals surface area contributed by atoms with Gasteiger partial charge in [-0.15, -0.1) is 0 Å². The third-order valence-electron chi connectivity index (χ3n) is 2.78. The first-order valence-electron chi connectivity index (χ1n) is 6.10. The summed E-state index contributed by atoms with van der Waals surface area (Å²) in [4.78, 5) is 13.8. The maximum Gasteiger partial charge on any atom is 0.280 e. The van der Waals surface area contributed by atoms with E-state index in [0.717, 1.165) is 0 Å². The molecule has 0 fully saturated rings. The molecule has 1 aromatic heterocycles. The largest absolute Gasteiger partial charge is 0.334 e. The summed E-state index contributed by atoms with van der Waals surface area (Å²) >= 11 is 0. The van der Waals surface area contributed by atoms with Crippen LogP contribution < -0.4 is 4.72 Å². The molecule has 0 aliphatic rings. The summed E-state index contributed by atoms with van der Waals surface area (Å²) < 4.78 is 28.3. The SMILES string of the molecule is CC(C)n1cnc(S(=O)(=O)Nc2ccc([N+](=O)[O-])cc2)c1. The monoisotopic (exact) mass is 310 g/mol. The van der Waals surface area contributed by atoms with Crippen LogP contribution in [0, 0.1) is 10.1 Å². The number of anilines is 1. The number of imidazole rings is 1. The molecule has 0 spiro atoms. The number of nitro groups is 1. The van der Waals surface area contributed by atoms with E-state index in [0.29, 0.717) is 0 Å². The number of hydrogen-bond acceptors (Lipinski definition) is 5. The van der Waals surface area contributed by atoms with Crippen LogP contribution in [0.25, 0.3) is 0 Å². The highest BCUT2D eigenvalue weighted by atomic mass is 32.2. The molecule has 9 heteroatoms. The van der Waals surface area contributed by atoms with Crippen LogP contribution in [-0.4, -0.2) is 22.9 Å². The zero-order chi connectivity index (χ0) is 15.6. The highest BCUT2D eigenvalue weighted by Crippen LogP contribution is 2.19. The lowest BCUT2D eigenvalue weighted by Crippen LogP contribution is -2.13. The van der Waals surface area contributed by atoms with Crippen LogP contribution in [0.4, 0.5) is 11.4 Å². The molecule has 1 N–H and O–H groups in total. The number of non-ortho nitro benzene ring substituents is 1. The Balaban J connectivity index is 2.22. The highest BCUT2D eigenvalue weighted by molar-refractivity contribution is 7.92. The van der Waals surface area contributed by atoms with Crippen molar-refractivity contribution >= 4 is 21.4 Å². The first-order valence-corrected chi connectivity index (χ1v) is 7.58. The summed E-state index contributed by atoms with van der Waals surface area (Å²) in [6, 6.07) is 5.21. The van der Waals surface area contributed by atoms with Crippen LogP contribution in [0.5, 0.6) is 0 Å². The van der Waals surface area contributed by atoms with E-state index in [1.165, 1.54) is 36.8 Å². The van der Waals surface area contributed by atoms with E-state index in [9.17, 15) is 18.5 Å². The Bertz CT molecular complexity index is 750. The summed E-state index contributed by atoms with van der Waals surface area (Å²) in [5.41, 5.74) is 0.127. The van der Waals surface area contributed by atoms with Crippen molar-refractivity contribution in [1.82, 2.24) is 9.55 Å². The zero-order valence-electron chi connectivity index (χ0n) is 11.4. The molecule has 0 amide bonds. The molecule has 0 aliphatic heterocycles. The first kappa shape index (κ1) is 15.0. The minimum absolute atomic E-state index is 0.0980. The van der Waals surface area contributed by atoms with Gasteiger partial charge in [0.1, 0.15) is 0 Å². The molecule has 1 heterocycles. The molecule has 21 heavy (non-hydrogen) atoms. The quantitative estimate of drug-likeness (QED) is 0.672. The molecule has 1 aromatic carbocycles. The molecule has 0 saturated carbocycles. The topological polar surface area (TPSA) is 107 Å². The summed E-state index contributed by atoms with van der Waals surface area (Å²) in [5, 5.41) is 10.4. The number of nitrogens with one attached hydrogen (secondary N) is 1. The second-order valence-electron chi connectivity index (χ2n) is 4.66. The highest BCUT2D eigenvalue weighted by Gasteiger charge is 2.18. The lowest BCUT2D eigenvalue weighted by molar-refractivity contribution is -0.384. The molecule has 0 atom stereocenters. The van der Waals surface area contributed by atoms with Crippen molar-refractivity contribution in [3.05, 3.63) is 46.9 Å². The van der Waals surface area contributed by atoms with Crippen molar-refractivity contribution in [2.75, 3.05) is 4.72 Å². The van der Waals surface area contributed by atoms with Gasteiger partial charge in [0.2, 0.25) is 0 Å². The van der Waals surface area contributed by atoms with Crippen molar-refractivity contribution in [3.8, 4) is 0 Å². The molecule has 0 saturated heterocycles. The van der Waals surface area contributed by atoms with Gasteiger partial charge in [-0.25, -0.2) is 4.98 Å². The van der Waals surface area contributed by atoms with Gasteiger partial charge in [0.25, 0.3) is 15.7 Å². The molecule has 8 nitrogen and oxygen atoms in total. The van der Waals surface area contributed by atoms with Gasteiger partial charge in [-0.1, -0.05) is 0 Å². The first-order chi connectivity index (χ1) is 9.79. The van der Waals surface area contributed by atoms with E-state index in [1.54, 1.807) is 4.57 Å². The Morgan fingerprint density at radius 1 is 1.29 bits per heavy atom. The lowest BCUT2D eigenvalue weighted by atomic mass is 10.3. The molecular weight excluding hydrogens is 296 g/mol. The number of hydrogen-bond donors (Lipinski definition) is 1. The smallest absolute Gasteiger partial charge is 0.280 e. The number of aromatic nitrogens is 2. The van der Waals surface area contributed by atoms with Gasteiger partial charge >= 0.3 is 0 Å². The lowest BCUT2D eigenvalue weighted by Gasteiger charge is -2.06. The molecule has 2 rings (SSSR count). The van der Waals surface area contributed by atoms with Crippen LogP contribution in [0.15, 0.2) is 41.8 Å². The summed E-state index contributed by atoms with van der Waals surface area (Å²) in [7, 11) is -3.81. The van der Waals surface area contributed by atoms with Crippen LogP contribution >= 0.6 is 0 Å². The van der Waals surface area contributed by atoms with Gasteiger partial charge in [-0.05, 0) is 26.0 Å². The van der Waals surface area contributed by atoms with Gasteiger partial charge in [-0.3, -0.25) is 14.8 Å². The average molecular weight is 310 g/mol. The van der Waals surface area contributed by atoms with E-state index in [-0.39, 0.29) is 22.4 Å². The Morgan fingerprint density at radius 3 is 2.38 bits per heavy atom. The molecule has 0 unspecified atom stereocenters. The summed E-state index contributed by atoms with van der Waals surface area (Å²) in [6.45, 7) is 3.81. The number of nitrogens with zero attached hydrogens (tertiary/aromatic N) is 3. The maximum atomic E-state index is 12.1. The van der Waals surface area contributed by atoms with E-state index in [4.69, 9.17) is 0 Å². The molecule has 2 aromatic rings. The van der Waals surface area contributed by atoms with E-state index >= 15 is 0 Å². The molecular formula is C12H14N4O4S. The number of benzene rings is 1. The third kappa shape index (κ3) is 3.37. The second kappa shape index (κ2) is 5.52. The van der Waals surface area contributed by atoms with Crippen molar-refractivity contribution < 1.29 is 13.3 Å². The Hall–Kier alpha value is -2.42. The van der Waals surface area contributed by atoms with Crippen LogP contribution in [0.1, 0.15) is 19.9 Å². The van der Waals surface area contributed by atoms with Gasteiger partial charge in [0.15, 0.2) is 5.03 Å². The Morgan fingerprint density at radius 2 is 1.90 bits per heavy atom. The minimum Gasteiger partial charge on any atom is -0.334 e. The number of sulfonamides is 1. The fourth-order valence-electron chi connectivity index (χ4n) is 1.60. The molecule has 0 bridgehead atoms. The normalized spacial score (nSPS) is 11.6. The number of nitro benzene ring substituents is 1. The van der Waals surface area contributed by atoms with E-state index in [2.05, 4.69) is 9.71 Å². The Labute approximate surface area is 121 Å². The van der Waals surface area contributed by atoms with E-state index < -0.39 is 14.9 Å². The van der Waals surface area contributed by atoms with Gasteiger partial charge in [-0.2, -0.15) is 8.42 Å². The summed E-state index contributed by atoms with van der Waals surface area (Å²) in [5.74, 6) is 0. The van der Waals surface area contributed by atoms with Crippen LogP contribution in [-0.2, 0) is 10.0 Å². The zero-order valence-corrected chi connectivity index (χ0v) is 12.2. The van der Waals surface area contributed by atoms with Crippen LogP contribution in [0.3, 0.4) is 0 Å². The van der Waals surface area contributed by atoms with Crippen LogP contribution in [0.2, 0.25) is 0 Å². The average Bonchev–Trinajstić information content (AvgIpc) is 2.89.